The highest BCUT2D eigenvalue weighted by Gasteiger charge is 2.05. The number of rotatable bonds is 9. The average molecular weight is 271 g/mol. The summed E-state index contributed by atoms with van der Waals surface area (Å²) in [6.45, 7) is 0.745. The molecule has 0 radical (unpaired) electrons. The predicted octanol–water partition coefficient (Wildman–Crippen LogP) is 4.23. The van der Waals surface area contributed by atoms with Gasteiger partial charge in [0.1, 0.15) is 5.75 Å². The van der Waals surface area contributed by atoms with E-state index in [1.54, 1.807) is 6.20 Å². The van der Waals surface area contributed by atoms with Gasteiger partial charge in [0.25, 0.3) is 0 Å². The number of H-pyrrole nitrogens is 1. The van der Waals surface area contributed by atoms with Gasteiger partial charge in [-0.2, -0.15) is 0 Å². The molecule has 0 saturated heterocycles. The van der Waals surface area contributed by atoms with Gasteiger partial charge >= 0.3 is 0 Å². The highest BCUT2D eigenvalue weighted by molar-refractivity contribution is 5.94. The molecule has 20 heavy (non-hydrogen) atoms. The van der Waals surface area contributed by atoms with Gasteiger partial charge < -0.3 is 9.72 Å². The van der Waals surface area contributed by atoms with Crippen LogP contribution in [0.2, 0.25) is 0 Å². The number of hydrogen-bond acceptors (Lipinski definition) is 2. The van der Waals surface area contributed by atoms with Crippen LogP contribution in [-0.4, -0.2) is 17.4 Å². The Morgan fingerprint density at radius 1 is 0.950 bits per heavy atom. The van der Waals surface area contributed by atoms with E-state index in [2.05, 4.69) is 4.98 Å². The van der Waals surface area contributed by atoms with Crippen molar-refractivity contribution in [1.82, 2.24) is 4.98 Å². The van der Waals surface area contributed by atoms with Crippen LogP contribution in [0.5, 0.6) is 5.75 Å². The molecule has 3 heteroatoms. The van der Waals surface area contributed by atoms with Crippen LogP contribution in [0.4, 0.5) is 0 Å². The van der Waals surface area contributed by atoms with Crippen LogP contribution < -0.4 is 4.74 Å². The average Bonchev–Trinajstić information content (AvgIpc) is 3.01. The molecule has 0 unspecified atom stereocenters. The predicted molar refractivity (Wildman–Crippen MR) is 80.1 cm³/mol. The van der Waals surface area contributed by atoms with Crippen LogP contribution >= 0.6 is 0 Å². The Labute approximate surface area is 120 Å². The first-order valence-corrected chi connectivity index (χ1v) is 7.21. The summed E-state index contributed by atoms with van der Waals surface area (Å²) in [5.41, 5.74) is 0.720. The Balaban J connectivity index is 1.49. The molecule has 1 aromatic heterocycles. The summed E-state index contributed by atoms with van der Waals surface area (Å²) in [6.07, 6.45) is 6.57. The van der Waals surface area contributed by atoms with Crippen molar-refractivity contribution in [2.24, 2.45) is 0 Å². The van der Waals surface area contributed by atoms with Gasteiger partial charge in [-0.3, -0.25) is 4.79 Å². The zero-order chi connectivity index (χ0) is 14.0. The van der Waals surface area contributed by atoms with E-state index in [0.717, 1.165) is 43.7 Å². The molecule has 0 atom stereocenters. The summed E-state index contributed by atoms with van der Waals surface area (Å²) in [7, 11) is 0. The summed E-state index contributed by atoms with van der Waals surface area (Å²) < 4.78 is 5.62. The SMILES string of the molecule is O=C(CCCCCCOc1ccccc1)c1ccc[nH]1. The standard InChI is InChI=1S/C17H21NO2/c19-17(16-11-8-13-18-16)12-6-1-2-7-14-20-15-9-4-3-5-10-15/h3-5,8-11,13,18H,1-2,6-7,12,14H2. The third kappa shape index (κ3) is 4.92. The van der Waals surface area contributed by atoms with Crippen molar-refractivity contribution in [3.63, 3.8) is 0 Å². The zero-order valence-electron chi connectivity index (χ0n) is 11.7. The highest BCUT2D eigenvalue weighted by Crippen LogP contribution is 2.11. The van der Waals surface area contributed by atoms with Gasteiger partial charge in [-0.05, 0) is 37.1 Å². The molecule has 2 aromatic rings. The van der Waals surface area contributed by atoms with Gasteiger partial charge in [-0.15, -0.1) is 0 Å². The van der Waals surface area contributed by atoms with Crippen LogP contribution in [0.25, 0.3) is 0 Å². The van der Waals surface area contributed by atoms with Crippen LogP contribution in [0.3, 0.4) is 0 Å². The van der Waals surface area contributed by atoms with E-state index in [4.69, 9.17) is 4.74 Å². The molecule has 3 nitrogen and oxygen atoms in total. The first kappa shape index (κ1) is 14.4. The summed E-state index contributed by atoms with van der Waals surface area (Å²) in [6, 6.07) is 13.5. The number of aromatic amines is 1. The lowest BCUT2D eigenvalue weighted by Gasteiger charge is -2.05. The van der Waals surface area contributed by atoms with Crippen molar-refractivity contribution in [2.75, 3.05) is 6.61 Å². The minimum absolute atomic E-state index is 0.204. The van der Waals surface area contributed by atoms with Crippen molar-refractivity contribution in [3.05, 3.63) is 54.4 Å². The number of nitrogens with one attached hydrogen (secondary N) is 1. The maximum Gasteiger partial charge on any atom is 0.178 e. The van der Waals surface area contributed by atoms with E-state index in [1.807, 2.05) is 42.5 Å². The van der Waals surface area contributed by atoms with Crippen LogP contribution in [0, 0.1) is 0 Å². The Bertz CT molecular complexity index is 491. The van der Waals surface area contributed by atoms with E-state index >= 15 is 0 Å². The molecule has 106 valence electrons. The lowest BCUT2D eigenvalue weighted by Crippen LogP contribution is -2.00. The number of ketones is 1. The fourth-order valence-corrected chi connectivity index (χ4v) is 2.09. The lowest BCUT2D eigenvalue weighted by atomic mass is 10.1. The van der Waals surface area contributed by atoms with Crippen LogP contribution in [0.15, 0.2) is 48.7 Å². The van der Waals surface area contributed by atoms with E-state index in [-0.39, 0.29) is 5.78 Å². The van der Waals surface area contributed by atoms with Crippen LogP contribution in [-0.2, 0) is 0 Å². The van der Waals surface area contributed by atoms with Crippen molar-refractivity contribution < 1.29 is 9.53 Å². The number of aromatic nitrogens is 1. The second-order valence-corrected chi connectivity index (χ2v) is 4.83. The smallest absolute Gasteiger partial charge is 0.178 e. The second-order valence-electron chi connectivity index (χ2n) is 4.83. The van der Waals surface area contributed by atoms with Gasteiger partial charge in [0, 0.05) is 12.6 Å². The summed E-state index contributed by atoms with van der Waals surface area (Å²) in [5, 5.41) is 0. The van der Waals surface area contributed by atoms with Crippen molar-refractivity contribution in [1.29, 1.82) is 0 Å². The largest absolute Gasteiger partial charge is 0.494 e. The molecule has 0 amide bonds. The van der Waals surface area contributed by atoms with Gasteiger partial charge in [0.2, 0.25) is 0 Å². The van der Waals surface area contributed by atoms with Crippen molar-refractivity contribution >= 4 is 5.78 Å². The van der Waals surface area contributed by atoms with Gasteiger partial charge in [-0.25, -0.2) is 0 Å². The fourth-order valence-electron chi connectivity index (χ4n) is 2.09. The topological polar surface area (TPSA) is 42.1 Å². The van der Waals surface area contributed by atoms with E-state index in [0.29, 0.717) is 6.42 Å². The maximum atomic E-state index is 11.7. The third-order valence-electron chi connectivity index (χ3n) is 3.21. The van der Waals surface area contributed by atoms with Crippen molar-refractivity contribution in [3.8, 4) is 5.75 Å². The Morgan fingerprint density at radius 3 is 2.50 bits per heavy atom. The molecule has 0 aliphatic rings. The number of para-hydroxylation sites is 1. The minimum Gasteiger partial charge on any atom is -0.494 e. The molecule has 0 fully saturated rings. The molecule has 1 heterocycles. The molecular formula is C17H21NO2. The van der Waals surface area contributed by atoms with E-state index < -0.39 is 0 Å². The Hall–Kier alpha value is -2.03. The summed E-state index contributed by atoms with van der Waals surface area (Å²) >= 11 is 0. The molecule has 2 rings (SSSR count). The van der Waals surface area contributed by atoms with Crippen LogP contribution in [0.1, 0.15) is 42.6 Å². The molecule has 0 bridgehead atoms. The van der Waals surface area contributed by atoms with Gasteiger partial charge in [0.15, 0.2) is 5.78 Å². The lowest BCUT2D eigenvalue weighted by molar-refractivity contribution is 0.0975. The fraction of sp³-hybridized carbons (Fsp3) is 0.353. The molecule has 1 N–H and O–H groups in total. The zero-order valence-corrected chi connectivity index (χ0v) is 11.7. The number of carbonyl (C=O) groups is 1. The van der Waals surface area contributed by atoms with Crippen molar-refractivity contribution in [2.45, 2.75) is 32.1 Å². The first-order valence-electron chi connectivity index (χ1n) is 7.21. The normalized spacial score (nSPS) is 10.4. The van der Waals surface area contributed by atoms with Gasteiger partial charge in [0.05, 0.1) is 12.3 Å². The Kier molecular flexibility index (Phi) is 5.90. The first-order chi connectivity index (χ1) is 9.86. The van der Waals surface area contributed by atoms with Gasteiger partial charge in [-0.1, -0.05) is 31.0 Å². The number of Topliss-reactive ketones (excluding diaryl/α,β-unsaturated/α-hetero) is 1. The van der Waals surface area contributed by atoms with E-state index in [1.165, 1.54) is 0 Å². The summed E-state index contributed by atoms with van der Waals surface area (Å²) in [4.78, 5) is 14.7. The monoisotopic (exact) mass is 271 g/mol. The quantitative estimate of drug-likeness (QED) is 0.548. The molecule has 1 aromatic carbocycles. The number of carbonyl (C=O) groups excluding carboxylic acids is 1. The number of unbranched alkanes of at least 4 members (excludes halogenated alkanes) is 3. The van der Waals surface area contributed by atoms with E-state index in [9.17, 15) is 4.79 Å². The molecule has 0 aliphatic carbocycles. The number of ether oxygens (including phenoxy) is 1. The maximum absolute atomic E-state index is 11.7. The minimum atomic E-state index is 0.204. The second kappa shape index (κ2) is 8.20. The highest BCUT2D eigenvalue weighted by atomic mass is 16.5. The number of hydrogen-bond donors (Lipinski definition) is 1. The molecule has 0 spiro atoms. The third-order valence-corrected chi connectivity index (χ3v) is 3.21. The molecule has 0 aliphatic heterocycles. The molecule has 0 saturated carbocycles. The Morgan fingerprint density at radius 2 is 1.75 bits per heavy atom. The summed E-state index contributed by atoms with van der Waals surface area (Å²) in [5.74, 6) is 1.13. The molecular weight excluding hydrogens is 250 g/mol. The number of benzene rings is 1.